The summed E-state index contributed by atoms with van der Waals surface area (Å²) in [5.41, 5.74) is 2.18. The van der Waals surface area contributed by atoms with Crippen molar-refractivity contribution in [1.29, 1.82) is 0 Å². The van der Waals surface area contributed by atoms with Crippen LogP contribution in [0.25, 0.3) is 5.76 Å². The van der Waals surface area contributed by atoms with Crippen molar-refractivity contribution in [3.8, 4) is 11.5 Å². The van der Waals surface area contributed by atoms with E-state index in [0.717, 1.165) is 42.1 Å². The molecule has 7 heteroatoms. The van der Waals surface area contributed by atoms with E-state index >= 15 is 0 Å². The van der Waals surface area contributed by atoms with Gasteiger partial charge in [0.1, 0.15) is 17.3 Å². The van der Waals surface area contributed by atoms with E-state index in [4.69, 9.17) is 9.47 Å². The molecule has 1 amide bonds. The summed E-state index contributed by atoms with van der Waals surface area (Å²) in [5, 5.41) is 11.4. The van der Waals surface area contributed by atoms with E-state index in [1.807, 2.05) is 38.1 Å². The van der Waals surface area contributed by atoms with E-state index < -0.39 is 17.7 Å². The first-order chi connectivity index (χ1) is 18.2. The van der Waals surface area contributed by atoms with Crippen molar-refractivity contribution >= 4 is 17.4 Å². The number of carbonyl (C=O) groups is 2. The molecule has 0 radical (unpaired) electrons. The maximum Gasteiger partial charge on any atom is 0.295 e. The summed E-state index contributed by atoms with van der Waals surface area (Å²) in [4.78, 5) is 30.4. The Morgan fingerprint density at radius 3 is 2.29 bits per heavy atom. The van der Waals surface area contributed by atoms with Crippen molar-refractivity contribution in [2.75, 3.05) is 39.4 Å². The first-order valence-corrected chi connectivity index (χ1v) is 13.7. The summed E-state index contributed by atoms with van der Waals surface area (Å²) >= 11 is 0. The van der Waals surface area contributed by atoms with Crippen LogP contribution in [0.4, 0.5) is 0 Å². The first-order valence-electron chi connectivity index (χ1n) is 13.7. The van der Waals surface area contributed by atoms with Crippen LogP contribution in [-0.4, -0.2) is 66.0 Å². The Kier molecular flexibility index (Phi) is 10.4. The fraction of sp³-hybridized carbons (Fsp3) is 0.484. The molecule has 2 aromatic carbocycles. The van der Waals surface area contributed by atoms with Crippen molar-refractivity contribution in [1.82, 2.24) is 9.80 Å². The van der Waals surface area contributed by atoms with Gasteiger partial charge < -0.3 is 24.4 Å². The lowest BCUT2D eigenvalue weighted by molar-refractivity contribution is -0.140. The average molecular weight is 523 g/mol. The van der Waals surface area contributed by atoms with Gasteiger partial charge in [-0.25, -0.2) is 0 Å². The summed E-state index contributed by atoms with van der Waals surface area (Å²) in [5.74, 6) is 0.397. The molecule has 38 heavy (non-hydrogen) atoms. The third-order valence-electron chi connectivity index (χ3n) is 6.78. The van der Waals surface area contributed by atoms with Crippen LogP contribution in [0, 0.1) is 12.8 Å². The van der Waals surface area contributed by atoms with Gasteiger partial charge in [0, 0.05) is 18.7 Å². The van der Waals surface area contributed by atoms with E-state index in [9.17, 15) is 14.7 Å². The number of likely N-dealkylation sites (tertiary alicyclic amines) is 1. The highest BCUT2D eigenvalue weighted by Gasteiger charge is 2.46. The number of carbonyl (C=O) groups excluding carboxylic acids is 2. The number of rotatable bonds is 13. The molecule has 3 rings (SSSR count). The van der Waals surface area contributed by atoms with Crippen molar-refractivity contribution in [3.63, 3.8) is 0 Å². The number of aryl methyl sites for hydroxylation is 1. The zero-order valence-corrected chi connectivity index (χ0v) is 23.6. The fourth-order valence-corrected chi connectivity index (χ4v) is 4.58. The molecule has 7 nitrogen and oxygen atoms in total. The van der Waals surface area contributed by atoms with Crippen LogP contribution in [0.2, 0.25) is 0 Å². The monoisotopic (exact) mass is 522 g/mol. The van der Waals surface area contributed by atoms with Crippen LogP contribution in [-0.2, 0) is 9.59 Å². The Morgan fingerprint density at radius 2 is 1.71 bits per heavy atom. The summed E-state index contributed by atoms with van der Waals surface area (Å²) in [6.07, 6.45) is 0.897. The molecule has 1 saturated heterocycles. The van der Waals surface area contributed by atoms with Gasteiger partial charge in [-0.05, 0) is 73.8 Å². The number of ketones is 1. The van der Waals surface area contributed by atoms with Gasteiger partial charge in [0.2, 0.25) is 0 Å². The van der Waals surface area contributed by atoms with Crippen molar-refractivity contribution in [2.45, 2.75) is 54.0 Å². The predicted molar refractivity (Wildman–Crippen MR) is 151 cm³/mol. The van der Waals surface area contributed by atoms with Crippen molar-refractivity contribution < 1.29 is 24.2 Å². The average Bonchev–Trinajstić information content (AvgIpc) is 3.16. The van der Waals surface area contributed by atoms with Crippen molar-refractivity contribution in [2.24, 2.45) is 5.92 Å². The minimum absolute atomic E-state index is 0.104. The summed E-state index contributed by atoms with van der Waals surface area (Å²) in [6.45, 7) is 16.1. The second kappa shape index (κ2) is 13.5. The van der Waals surface area contributed by atoms with Gasteiger partial charge in [-0.15, -0.1) is 0 Å². The lowest BCUT2D eigenvalue weighted by Crippen LogP contribution is -2.38. The van der Waals surface area contributed by atoms with E-state index in [1.54, 1.807) is 23.1 Å². The zero-order valence-electron chi connectivity index (χ0n) is 23.6. The van der Waals surface area contributed by atoms with E-state index in [2.05, 4.69) is 32.6 Å². The van der Waals surface area contributed by atoms with E-state index in [1.165, 1.54) is 0 Å². The number of aliphatic hydroxyl groups is 1. The molecule has 1 aliphatic heterocycles. The number of nitrogens with zero attached hydrogens (tertiary/aromatic N) is 2. The summed E-state index contributed by atoms with van der Waals surface area (Å²) in [7, 11) is 0. The smallest absolute Gasteiger partial charge is 0.295 e. The Morgan fingerprint density at radius 1 is 1.03 bits per heavy atom. The van der Waals surface area contributed by atoms with Crippen LogP contribution in [0.1, 0.15) is 63.8 Å². The Labute approximate surface area is 227 Å². The zero-order chi connectivity index (χ0) is 27.8. The third-order valence-corrected chi connectivity index (χ3v) is 6.78. The number of hydrogen-bond donors (Lipinski definition) is 1. The van der Waals surface area contributed by atoms with Gasteiger partial charge in [-0.1, -0.05) is 46.8 Å². The number of benzene rings is 2. The molecule has 0 aromatic heterocycles. The molecule has 0 bridgehead atoms. The molecule has 1 heterocycles. The third kappa shape index (κ3) is 6.76. The molecule has 206 valence electrons. The number of Topliss-reactive ketones (excluding diaryl/α,β-unsaturated/α-hetero) is 1. The number of ether oxygens (including phenoxy) is 2. The van der Waals surface area contributed by atoms with Gasteiger partial charge in [0.05, 0.1) is 24.8 Å². The number of hydrogen-bond acceptors (Lipinski definition) is 6. The maximum absolute atomic E-state index is 13.4. The second-order valence-corrected chi connectivity index (χ2v) is 10.1. The molecule has 1 unspecified atom stereocenters. The summed E-state index contributed by atoms with van der Waals surface area (Å²) < 4.78 is 11.6. The minimum atomic E-state index is -0.692. The van der Waals surface area contributed by atoms with Crippen LogP contribution in [0.5, 0.6) is 11.5 Å². The first kappa shape index (κ1) is 29.2. The number of likely N-dealkylation sites (N-methyl/N-ethyl adjacent to an activating group) is 1. The van der Waals surface area contributed by atoms with Gasteiger partial charge in [0.15, 0.2) is 0 Å². The SMILES string of the molecule is CCCOc1ccc(C2/C(=C(\O)c3ccc(OCC(C)C)c(C)c3)C(=O)C(=O)N2CCN(CC)CC)cc1. The predicted octanol–water partition coefficient (Wildman–Crippen LogP) is 5.58. The Hall–Kier alpha value is -3.32. The number of amides is 1. The van der Waals surface area contributed by atoms with Crippen LogP contribution < -0.4 is 9.47 Å². The molecule has 1 atom stereocenters. The van der Waals surface area contributed by atoms with Gasteiger partial charge >= 0.3 is 0 Å². The molecular formula is C31H42N2O5. The highest BCUT2D eigenvalue weighted by molar-refractivity contribution is 6.46. The van der Waals surface area contributed by atoms with Gasteiger partial charge in [-0.3, -0.25) is 9.59 Å². The lowest BCUT2D eigenvalue weighted by Gasteiger charge is -2.28. The lowest BCUT2D eigenvalue weighted by atomic mass is 9.94. The minimum Gasteiger partial charge on any atom is -0.507 e. The highest BCUT2D eigenvalue weighted by Crippen LogP contribution is 2.40. The van der Waals surface area contributed by atoms with Crippen molar-refractivity contribution in [3.05, 3.63) is 64.7 Å². The van der Waals surface area contributed by atoms with Crippen LogP contribution in [0.15, 0.2) is 48.0 Å². The molecular weight excluding hydrogens is 480 g/mol. The second-order valence-electron chi connectivity index (χ2n) is 10.1. The van der Waals surface area contributed by atoms with E-state index in [0.29, 0.717) is 37.8 Å². The standard InChI is InChI=1S/C31H42N2O5/c1-7-18-37-25-13-10-23(11-14-25)28-27(30(35)31(36)33(28)17-16-32(8-2)9-3)29(34)24-12-15-26(22(6)19-24)38-20-21(4)5/h10-15,19,21,28,34H,7-9,16-18,20H2,1-6H3/b29-27+. The van der Waals surface area contributed by atoms with Gasteiger partial charge in [0.25, 0.3) is 11.7 Å². The molecule has 2 aromatic rings. The van der Waals surface area contributed by atoms with Crippen LogP contribution in [0.3, 0.4) is 0 Å². The Bertz CT molecular complexity index is 1140. The quantitative estimate of drug-likeness (QED) is 0.210. The number of aliphatic hydroxyl groups excluding tert-OH is 1. The normalized spacial score (nSPS) is 17.1. The Balaban J connectivity index is 2.03. The molecule has 1 fully saturated rings. The van der Waals surface area contributed by atoms with Gasteiger partial charge in [-0.2, -0.15) is 0 Å². The topological polar surface area (TPSA) is 79.3 Å². The molecule has 0 spiro atoms. The summed E-state index contributed by atoms with van der Waals surface area (Å²) in [6, 6.07) is 12.1. The van der Waals surface area contributed by atoms with Crippen LogP contribution >= 0.6 is 0 Å². The molecule has 0 saturated carbocycles. The molecule has 1 N–H and O–H groups in total. The molecule has 0 aliphatic carbocycles. The largest absolute Gasteiger partial charge is 0.507 e. The fourth-order valence-electron chi connectivity index (χ4n) is 4.58. The molecule has 1 aliphatic rings. The maximum atomic E-state index is 13.4. The highest BCUT2D eigenvalue weighted by atomic mass is 16.5. The van der Waals surface area contributed by atoms with E-state index in [-0.39, 0.29) is 11.3 Å².